The van der Waals surface area contributed by atoms with Gasteiger partial charge in [-0.25, -0.2) is 0 Å². The Bertz CT molecular complexity index is 1020. The van der Waals surface area contributed by atoms with Crippen molar-refractivity contribution in [2.75, 3.05) is 51.3 Å². The summed E-state index contributed by atoms with van der Waals surface area (Å²) < 4.78 is 10.8. The van der Waals surface area contributed by atoms with Crippen molar-refractivity contribution in [3.05, 3.63) is 66.4 Å². The zero-order valence-corrected chi connectivity index (χ0v) is 17.9. The summed E-state index contributed by atoms with van der Waals surface area (Å²) in [6.45, 7) is 5.34. The van der Waals surface area contributed by atoms with Gasteiger partial charge in [0, 0.05) is 44.7 Å². The largest absolute Gasteiger partial charge is 0.495 e. The van der Waals surface area contributed by atoms with Crippen molar-refractivity contribution < 1.29 is 9.53 Å². The van der Waals surface area contributed by atoms with Crippen LogP contribution in [0, 0.1) is 0 Å². The Labute approximate surface area is 180 Å². The third kappa shape index (κ3) is 4.63. The van der Waals surface area contributed by atoms with Crippen LogP contribution in [-0.2, 0) is 0 Å². The fraction of sp³-hybridized carbons (Fsp3) is 0.304. The molecular weight excluding hydrogens is 396 g/mol. The number of carbonyl (C=O) groups is 1. The smallest absolute Gasteiger partial charge is 0.271 e. The number of hydrogen-bond donors (Lipinski definition) is 1. The van der Waals surface area contributed by atoms with E-state index in [0.717, 1.165) is 54.2 Å². The maximum Gasteiger partial charge on any atom is 0.271 e. The highest BCUT2D eigenvalue weighted by Crippen LogP contribution is 2.28. The van der Waals surface area contributed by atoms with Crippen LogP contribution in [0.5, 0.6) is 5.75 Å². The summed E-state index contributed by atoms with van der Waals surface area (Å²) in [5, 5.41) is 3.85. The third-order valence-corrected chi connectivity index (χ3v) is 6.13. The quantitative estimate of drug-likeness (QED) is 0.592. The fourth-order valence-corrected chi connectivity index (χ4v) is 4.43. The van der Waals surface area contributed by atoms with Gasteiger partial charge in [-0.1, -0.05) is 42.5 Å². The van der Waals surface area contributed by atoms with Crippen LogP contribution in [0.2, 0.25) is 0 Å². The van der Waals surface area contributed by atoms with Gasteiger partial charge < -0.3 is 15.0 Å². The van der Waals surface area contributed by atoms with Crippen LogP contribution in [0.3, 0.4) is 0 Å². The first kappa shape index (κ1) is 20.4. The minimum Gasteiger partial charge on any atom is -0.495 e. The number of anilines is 1. The molecule has 4 rings (SSSR count). The molecule has 1 N–H and O–H groups in total. The molecule has 1 aromatic heterocycles. The molecule has 1 amide bonds. The number of aromatic nitrogens is 1. The van der Waals surface area contributed by atoms with Crippen molar-refractivity contribution in [3.63, 3.8) is 0 Å². The van der Waals surface area contributed by atoms with Crippen molar-refractivity contribution in [1.29, 1.82) is 0 Å². The minimum atomic E-state index is -0.123. The van der Waals surface area contributed by atoms with E-state index in [1.165, 1.54) is 11.5 Å². The first-order valence-electron chi connectivity index (χ1n) is 10.1. The Morgan fingerprint density at radius 2 is 1.87 bits per heavy atom. The third-order valence-electron chi connectivity index (χ3n) is 5.30. The van der Waals surface area contributed by atoms with Crippen molar-refractivity contribution in [3.8, 4) is 5.75 Å². The lowest BCUT2D eigenvalue weighted by Gasteiger charge is -2.36. The van der Waals surface area contributed by atoms with E-state index in [0.29, 0.717) is 12.2 Å². The van der Waals surface area contributed by atoms with E-state index in [-0.39, 0.29) is 5.91 Å². The standard InChI is InChI=1S/C23H26N4O2S/c1-29-20-10-4-3-9-19(20)27-16-14-26(15-17-27)13-7-6-12-24-23(28)22-18-8-2-5-11-21(18)30-25-22/h2-11H,12-17H2,1H3,(H,24,28)/b7-6+. The van der Waals surface area contributed by atoms with E-state index in [1.54, 1.807) is 7.11 Å². The number of rotatable bonds is 7. The van der Waals surface area contributed by atoms with Crippen LogP contribution in [0.1, 0.15) is 10.5 Å². The first-order valence-corrected chi connectivity index (χ1v) is 10.9. The maximum atomic E-state index is 12.4. The molecule has 0 aliphatic carbocycles. The van der Waals surface area contributed by atoms with Gasteiger partial charge in [-0.3, -0.25) is 9.69 Å². The molecule has 0 unspecified atom stereocenters. The van der Waals surface area contributed by atoms with Crippen molar-refractivity contribution in [2.24, 2.45) is 0 Å². The zero-order valence-electron chi connectivity index (χ0n) is 17.1. The van der Waals surface area contributed by atoms with Crippen LogP contribution in [-0.4, -0.2) is 61.6 Å². The monoisotopic (exact) mass is 422 g/mol. The molecule has 0 radical (unpaired) electrons. The summed E-state index contributed by atoms with van der Waals surface area (Å²) >= 11 is 1.36. The van der Waals surface area contributed by atoms with Crippen molar-refractivity contribution in [2.45, 2.75) is 0 Å². The number of para-hydroxylation sites is 2. The summed E-state index contributed by atoms with van der Waals surface area (Å²) in [7, 11) is 1.72. The fourth-order valence-electron chi connectivity index (χ4n) is 3.65. The van der Waals surface area contributed by atoms with E-state index in [1.807, 2.05) is 42.5 Å². The first-order chi connectivity index (χ1) is 14.8. The number of fused-ring (bicyclic) bond motifs is 1. The lowest BCUT2D eigenvalue weighted by Crippen LogP contribution is -2.46. The van der Waals surface area contributed by atoms with E-state index in [2.05, 4.69) is 37.7 Å². The predicted molar refractivity (Wildman–Crippen MR) is 123 cm³/mol. The van der Waals surface area contributed by atoms with E-state index < -0.39 is 0 Å². The molecular formula is C23H26N4O2S. The van der Waals surface area contributed by atoms with Crippen LogP contribution in [0.25, 0.3) is 10.1 Å². The average molecular weight is 423 g/mol. The molecule has 0 spiro atoms. The van der Waals surface area contributed by atoms with Gasteiger partial charge in [0.15, 0.2) is 0 Å². The number of nitrogens with one attached hydrogen (secondary N) is 1. The van der Waals surface area contributed by atoms with Gasteiger partial charge in [0.2, 0.25) is 0 Å². The second-order valence-corrected chi connectivity index (χ2v) is 7.97. The molecule has 1 saturated heterocycles. The maximum absolute atomic E-state index is 12.4. The molecule has 30 heavy (non-hydrogen) atoms. The van der Waals surface area contributed by atoms with Gasteiger partial charge in [-0.15, -0.1) is 0 Å². The molecule has 2 heterocycles. The van der Waals surface area contributed by atoms with Crippen LogP contribution in [0.4, 0.5) is 5.69 Å². The van der Waals surface area contributed by atoms with Crippen LogP contribution >= 0.6 is 11.5 Å². The molecule has 156 valence electrons. The lowest BCUT2D eigenvalue weighted by molar-refractivity contribution is 0.0956. The van der Waals surface area contributed by atoms with E-state index in [9.17, 15) is 4.79 Å². The summed E-state index contributed by atoms with van der Waals surface area (Å²) in [5.41, 5.74) is 1.67. The Hall–Kier alpha value is -2.90. The van der Waals surface area contributed by atoms with Crippen molar-refractivity contribution >= 4 is 33.2 Å². The second-order valence-electron chi connectivity index (χ2n) is 7.17. The Kier molecular flexibility index (Phi) is 6.61. The molecule has 0 atom stereocenters. The van der Waals surface area contributed by atoms with Crippen LogP contribution < -0.4 is 15.0 Å². The number of hydrogen-bond acceptors (Lipinski definition) is 6. The lowest BCUT2D eigenvalue weighted by atomic mass is 10.2. The van der Waals surface area contributed by atoms with Gasteiger partial charge >= 0.3 is 0 Å². The highest BCUT2D eigenvalue weighted by atomic mass is 32.1. The normalized spacial score (nSPS) is 15.0. The highest BCUT2D eigenvalue weighted by molar-refractivity contribution is 7.13. The number of amides is 1. The van der Waals surface area contributed by atoms with E-state index in [4.69, 9.17) is 4.74 Å². The summed E-state index contributed by atoms with van der Waals surface area (Å²) in [5.74, 6) is 0.803. The van der Waals surface area contributed by atoms with Crippen LogP contribution in [0.15, 0.2) is 60.7 Å². The van der Waals surface area contributed by atoms with Gasteiger partial charge in [-0.05, 0) is 29.7 Å². The molecule has 1 aliphatic heterocycles. The van der Waals surface area contributed by atoms with Gasteiger partial charge in [0.25, 0.3) is 5.91 Å². The number of benzene rings is 2. The van der Waals surface area contributed by atoms with Gasteiger partial charge in [0.1, 0.15) is 11.4 Å². The Balaban J connectivity index is 1.21. The van der Waals surface area contributed by atoms with E-state index >= 15 is 0 Å². The molecule has 7 heteroatoms. The molecule has 0 saturated carbocycles. The number of nitrogens with zero attached hydrogens (tertiary/aromatic N) is 3. The molecule has 1 aliphatic rings. The average Bonchev–Trinajstić information content (AvgIpc) is 3.23. The summed E-state index contributed by atoms with van der Waals surface area (Å²) in [4.78, 5) is 17.2. The highest BCUT2D eigenvalue weighted by Gasteiger charge is 2.18. The summed E-state index contributed by atoms with van der Waals surface area (Å²) in [6.07, 6.45) is 4.14. The summed E-state index contributed by atoms with van der Waals surface area (Å²) in [6, 6.07) is 16.0. The Morgan fingerprint density at radius 3 is 2.70 bits per heavy atom. The molecule has 1 fully saturated rings. The Morgan fingerprint density at radius 1 is 1.10 bits per heavy atom. The molecule has 3 aromatic rings. The second kappa shape index (κ2) is 9.73. The predicted octanol–water partition coefficient (Wildman–Crippen LogP) is 3.41. The number of piperazine rings is 1. The number of ether oxygens (including phenoxy) is 1. The SMILES string of the molecule is COc1ccccc1N1CCN(C/C=C/CNC(=O)c2nsc3ccccc23)CC1. The van der Waals surface area contributed by atoms with Gasteiger partial charge in [-0.2, -0.15) is 4.37 Å². The van der Waals surface area contributed by atoms with Crippen molar-refractivity contribution in [1.82, 2.24) is 14.6 Å². The minimum absolute atomic E-state index is 0.123. The number of methoxy groups -OCH3 is 1. The molecule has 0 bridgehead atoms. The molecule has 6 nitrogen and oxygen atoms in total. The number of carbonyl (C=O) groups excluding carboxylic acids is 1. The zero-order chi connectivity index (χ0) is 20.8. The molecule has 2 aromatic carbocycles. The topological polar surface area (TPSA) is 57.7 Å². The van der Waals surface area contributed by atoms with Gasteiger partial charge in [0.05, 0.1) is 17.5 Å².